The van der Waals surface area contributed by atoms with Crippen LogP contribution in [-0.2, 0) is 14.3 Å². The van der Waals surface area contributed by atoms with Gasteiger partial charge in [0.1, 0.15) is 11.4 Å². The van der Waals surface area contributed by atoms with Crippen molar-refractivity contribution < 1.29 is 19.1 Å². The fourth-order valence-corrected chi connectivity index (χ4v) is 4.53. The first-order chi connectivity index (χ1) is 13.0. The number of likely N-dealkylation sites (tertiary alicyclic amines) is 1. The number of ether oxygens (including phenoxy) is 1. The van der Waals surface area contributed by atoms with Crippen LogP contribution in [0.25, 0.3) is 10.1 Å². The first kappa shape index (κ1) is 19.6. The van der Waals surface area contributed by atoms with Gasteiger partial charge in [0.25, 0.3) is 11.8 Å². The fraction of sp³-hybridized carbons (Fsp3) is 0.421. The summed E-state index contributed by atoms with van der Waals surface area (Å²) in [5, 5.41) is 3.67. The molecule has 2 heterocycles. The lowest BCUT2D eigenvalue weighted by atomic mass is 10.0. The van der Waals surface area contributed by atoms with Gasteiger partial charge in [0, 0.05) is 23.2 Å². The highest BCUT2D eigenvalue weighted by molar-refractivity contribution is 7.21. The summed E-state index contributed by atoms with van der Waals surface area (Å²) in [6.07, 6.45) is 2.07. The molecule has 6 nitrogen and oxygen atoms in total. The highest BCUT2D eigenvalue weighted by Gasteiger charge is 2.22. The summed E-state index contributed by atoms with van der Waals surface area (Å²) in [6, 6.07) is 7.44. The lowest BCUT2D eigenvalue weighted by molar-refractivity contribution is -0.151. The monoisotopic (exact) mass is 408 g/mol. The summed E-state index contributed by atoms with van der Waals surface area (Å²) < 4.78 is 5.89. The van der Waals surface area contributed by atoms with Gasteiger partial charge >= 0.3 is 5.97 Å². The Labute approximate surface area is 166 Å². The molecule has 0 unspecified atom stereocenters. The maximum atomic E-state index is 12.3. The second kappa shape index (κ2) is 8.71. The first-order valence-corrected chi connectivity index (χ1v) is 10.0. The third-order valence-corrected chi connectivity index (χ3v) is 6.17. The molecule has 1 atom stereocenters. The van der Waals surface area contributed by atoms with Gasteiger partial charge in [-0.2, -0.15) is 0 Å². The Hall–Kier alpha value is -2.12. The molecule has 1 aromatic carbocycles. The van der Waals surface area contributed by atoms with Gasteiger partial charge in [0.15, 0.2) is 6.61 Å². The quantitative estimate of drug-likeness (QED) is 0.771. The number of nitrogens with zero attached hydrogens (tertiary/aromatic N) is 1. The van der Waals surface area contributed by atoms with Gasteiger partial charge in [-0.25, -0.2) is 0 Å². The van der Waals surface area contributed by atoms with E-state index in [9.17, 15) is 14.4 Å². The van der Waals surface area contributed by atoms with E-state index in [-0.39, 0.29) is 19.1 Å². The van der Waals surface area contributed by atoms with Crippen LogP contribution in [0.2, 0.25) is 5.02 Å². The highest BCUT2D eigenvalue weighted by atomic mass is 35.5. The molecule has 0 bridgehead atoms. The average molecular weight is 409 g/mol. The van der Waals surface area contributed by atoms with Crippen LogP contribution >= 0.6 is 22.9 Å². The van der Waals surface area contributed by atoms with Gasteiger partial charge in [-0.15, -0.1) is 11.3 Å². The topological polar surface area (TPSA) is 75.7 Å². The summed E-state index contributed by atoms with van der Waals surface area (Å²) in [4.78, 5) is 38.3. The second-order valence-corrected chi connectivity index (χ2v) is 8.10. The molecular weight excluding hydrogens is 388 g/mol. The predicted molar refractivity (Wildman–Crippen MR) is 105 cm³/mol. The van der Waals surface area contributed by atoms with E-state index in [1.54, 1.807) is 4.90 Å². The molecule has 0 aliphatic carbocycles. The van der Waals surface area contributed by atoms with E-state index < -0.39 is 11.9 Å². The van der Waals surface area contributed by atoms with Gasteiger partial charge < -0.3 is 15.0 Å². The molecule has 0 radical (unpaired) electrons. The van der Waals surface area contributed by atoms with Crippen molar-refractivity contribution in [2.45, 2.75) is 19.8 Å². The molecule has 1 aromatic heterocycles. The van der Waals surface area contributed by atoms with Crippen molar-refractivity contribution in [1.82, 2.24) is 10.2 Å². The minimum absolute atomic E-state index is 0.200. The summed E-state index contributed by atoms with van der Waals surface area (Å²) >= 11 is 7.52. The molecule has 1 saturated heterocycles. The summed E-state index contributed by atoms with van der Waals surface area (Å²) in [5.41, 5.74) is 0. The molecule has 1 fully saturated rings. The SMILES string of the molecule is C[C@H]1CCCN(C(=O)COC(=O)CNC(=O)c2sc3ccccc3c2Cl)C1. The normalized spacial score (nSPS) is 17.0. The average Bonchev–Trinajstić information content (AvgIpc) is 3.01. The minimum atomic E-state index is -0.654. The Morgan fingerprint density at radius 1 is 1.33 bits per heavy atom. The van der Waals surface area contributed by atoms with E-state index in [4.69, 9.17) is 16.3 Å². The lowest BCUT2D eigenvalue weighted by Gasteiger charge is -2.30. The van der Waals surface area contributed by atoms with Crippen LogP contribution < -0.4 is 5.32 Å². The van der Waals surface area contributed by atoms with Crippen molar-refractivity contribution in [2.24, 2.45) is 5.92 Å². The van der Waals surface area contributed by atoms with Crippen LogP contribution in [0.3, 0.4) is 0 Å². The van der Waals surface area contributed by atoms with E-state index in [2.05, 4.69) is 12.2 Å². The Bertz CT molecular complexity index is 867. The van der Waals surface area contributed by atoms with Crippen molar-refractivity contribution in [3.05, 3.63) is 34.2 Å². The molecule has 1 aliphatic heterocycles. The maximum Gasteiger partial charge on any atom is 0.325 e. The number of hydrogen-bond acceptors (Lipinski definition) is 5. The minimum Gasteiger partial charge on any atom is -0.454 e. The van der Waals surface area contributed by atoms with Gasteiger partial charge in [0.05, 0.1) is 5.02 Å². The molecule has 0 spiro atoms. The predicted octanol–water partition coefficient (Wildman–Crippen LogP) is 3.09. The molecule has 3 rings (SSSR count). The van der Waals surface area contributed by atoms with E-state index in [0.29, 0.717) is 28.9 Å². The highest BCUT2D eigenvalue weighted by Crippen LogP contribution is 2.34. The third kappa shape index (κ3) is 4.78. The van der Waals surface area contributed by atoms with Gasteiger partial charge in [-0.1, -0.05) is 36.7 Å². The van der Waals surface area contributed by atoms with Crippen molar-refractivity contribution in [3.63, 3.8) is 0 Å². The molecule has 1 aliphatic rings. The largest absolute Gasteiger partial charge is 0.454 e. The summed E-state index contributed by atoms with van der Waals surface area (Å²) in [5.74, 6) is -0.828. The summed E-state index contributed by atoms with van der Waals surface area (Å²) in [6.45, 7) is 2.87. The smallest absolute Gasteiger partial charge is 0.325 e. The molecule has 27 heavy (non-hydrogen) atoms. The number of halogens is 1. The van der Waals surface area contributed by atoms with Crippen molar-refractivity contribution in [3.8, 4) is 0 Å². The molecular formula is C19H21ClN2O4S. The third-order valence-electron chi connectivity index (χ3n) is 4.50. The Kier molecular flexibility index (Phi) is 6.34. The standard InChI is InChI=1S/C19H21ClN2O4S/c1-12-5-4-8-22(10-12)15(23)11-26-16(24)9-21-19(25)18-17(20)13-6-2-3-7-14(13)27-18/h2-3,6-7,12H,4-5,8-11H2,1H3,(H,21,25)/t12-/m0/s1. The number of piperidine rings is 1. The Morgan fingerprint density at radius 2 is 2.11 bits per heavy atom. The fourth-order valence-electron chi connectivity index (χ4n) is 3.09. The zero-order valence-electron chi connectivity index (χ0n) is 15.0. The van der Waals surface area contributed by atoms with Crippen LogP contribution in [0.1, 0.15) is 29.4 Å². The molecule has 144 valence electrons. The number of nitrogens with one attached hydrogen (secondary N) is 1. The van der Waals surface area contributed by atoms with Gasteiger partial charge in [-0.3, -0.25) is 14.4 Å². The number of hydrogen-bond donors (Lipinski definition) is 1. The number of esters is 1. The second-order valence-electron chi connectivity index (χ2n) is 6.67. The molecule has 2 amide bonds. The van der Waals surface area contributed by atoms with E-state index in [1.807, 2.05) is 24.3 Å². The summed E-state index contributed by atoms with van der Waals surface area (Å²) in [7, 11) is 0. The van der Waals surface area contributed by atoms with Crippen LogP contribution in [0.15, 0.2) is 24.3 Å². The zero-order valence-corrected chi connectivity index (χ0v) is 16.6. The number of thiophene rings is 1. The van der Waals surface area contributed by atoms with Crippen LogP contribution in [0, 0.1) is 5.92 Å². The van der Waals surface area contributed by atoms with E-state index in [0.717, 1.165) is 22.9 Å². The number of benzene rings is 1. The van der Waals surface area contributed by atoms with E-state index >= 15 is 0 Å². The van der Waals surface area contributed by atoms with Gasteiger partial charge in [0.2, 0.25) is 0 Å². The Balaban J connectivity index is 1.47. The van der Waals surface area contributed by atoms with E-state index in [1.165, 1.54) is 11.3 Å². The van der Waals surface area contributed by atoms with Crippen molar-refractivity contribution >= 4 is 50.8 Å². The van der Waals surface area contributed by atoms with Crippen molar-refractivity contribution in [2.75, 3.05) is 26.2 Å². The lowest BCUT2D eigenvalue weighted by Crippen LogP contribution is -2.42. The number of carbonyl (C=O) groups excluding carboxylic acids is 3. The van der Waals surface area contributed by atoms with Crippen LogP contribution in [0.4, 0.5) is 0 Å². The number of amides is 2. The first-order valence-electron chi connectivity index (χ1n) is 8.84. The zero-order chi connectivity index (χ0) is 19.4. The Morgan fingerprint density at radius 3 is 2.85 bits per heavy atom. The number of rotatable bonds is 5. The van der Waals surface area contributed by atoms with Gasteiger partial charge in [-0.05, 0) is 24.8 Å². The molecule has 2 aromatic rings. The van der Waals surface area contributed by atoms with Crippen molar-refractivity contribution in [1.29, 1.82) is 0 Å². The number of fused-ring (bicyclic) bond motifs is 1. The molecule has 1 N–H and O–H groups in total. The van der Waals surface area contributed by atoms with Crippen LogP contribution in [-0.4, -0.2) is 48.9 Å². The molecule has 8 heteroatoms. The molecule has 0 saturated carbocycles. The maximum absolute atomic E-state index is 12.3. The number of carbonyl (C=O) groups is 3. The van der Waals surface area contributed by atoms with Crippen LogP contribution in [0.5, 0.6) is 0 Å².